The summed E-state index contributed by atoms with van der Waals surface area (Å²) < 4.78 is 4.44. The first-order chi connectivity index (χ1) is 9.09. The zero-order valence-electron chi connectivity index (χ0n) is 10.2. The van der Waals surface area contributed by atoms with Gasteiger partial charge < -0.3 is 11.1 Å². The van der Waals surface area contributed by atoms with Gasteiger partial charge in [0.25, 0.3) is 5.91 Å². The van der Waals surface area contributed by atoms with Crippen molar-refractivity contribution in [2.24, 2.45) is 5.73 Å². The van der Waals surface area contributed by atoms with Gasteiger partial charge in [0.15, 0.2) is 5.69 Å². The molecule has 3 N–H and O–H groups in total. The minimum Gasteiger partial charge on any atom is -0.368 e. The van der Waals surface area contributed by atoms with Crippen LogP contribution in [0.2, 0.25) is 0 Å². The Balaban J connectivity index is 2.21. The van der Waals surface area contributed by atoms with Gasteiger partial charge in [0.05, 0.1) is 0 Å². The van der Waals surface area contributed by atoms with E-state index in [1.54, 1.807) is 37.3 Å². The topological polar surface area (TPSA) is 111 Å². The Hall–Kier alpha value is -2.70. The molecule has 0 saturated heterocycles. The molecule has 2 rings (SSSR count). The minimum absolute atomic E-state index is 0.0298. The van der Waals surface area contributed by atoms with Crippen molar-refractivity contribution >= 4 is 11.8 Å². The highest BCUT2D eigenvalue weighted by atomic mass is 16.6. The lowest BCUT2D eigenvalue weighted by Crippen LogP contribution is -2.37. The van der Waals surface area contributed by atoms with Crippen molar-refractivity contribution in [1.82, 2.24) is 15.6 Å². The molecule has 0 aliphatic carbocycles. The van der Waals surface area contributed by atoms with E-state index in [9.17, 15) is 9.59 Å². The predicted octanol–water partition coefficient (Wildman–Crippen LogP) is 0.334. The predicted molar refractivity (Wildman–Crippen MR) is 64.9 cm³/mol. The number of nitrogens with zero attached hydrogens (tertiary/aromatic N) is 2. The zero-order chi connectivity index (χ0) is 13.8. The molecule has 0 radical (unpaired) electrons. The van der Waals surface area contributed by atoms with Crippen LogP contribution in [0.15, 0.2) is 35.0 Å². The number of amides is 2. The first-order valence-corrected chi connectivity index (χ1v) is 5.54. The molecule has 1 heterocycles. The Morgan fingerprint density at radius 3 is 2.47 bits per heavy atom. The highest BCUT2D eigenvalue weighted by Crippen LogP contribution is 2.13. The van der Waals surface area contributed by atoms with Gasteiger partial charge in [0.2, 0.25) is 5.91 Å². The van der Waals surface area contributed by atoms with Crippen LogP contribution in [0.1, 0.15) is 27.8 Å². The van der Waals surface area contributed by atoms with E-state index in [-0.39, 0.29) is 5.69 Å². The Labute approximate surface area is 108 Å². The second-order valence-corrected chi connectivity index (χ2v) is 3.92. The summed E-state index contributed by atoms with van der Waals surface area (Å²) in [6, 6.07) is 7.77. The molecule has 19 heavy (non-hydrogen) atoms. The molecular formula is C12H12N4O3. The fraction of sp³-hybridized carbons (Fsp3) is 0.167. The second kappa shape index (κ2) is 5.30. The van der Waals surface area contributed by atoms with E-state index >= 15 is 0 Å². The Morgan fingerprint density at radius 2 is 1.95 bits per heavy atom. The lowest BCUT2D eigenvalue weighted by molar-refractivity contribution is -0.120. The van der Waals surface area contributed by atoms with Crippen LogP contribution in [0.3, 0.4) is 0 Å². The van der Waals surface area contributed by atoms with Crippen molar-refractivity contribution in [3.8, 4) is 0 Å². The van der Waals surface area contributed by atoms with Crippen LogP contribution in [0, 0.1) is 6.92 Å². The van der Waals surface area contributed by atoms with E-state index in [1.807, 2.05) is 0 Å². The number of hydrogen-bond donors (Lipinski definition) is 2. The molecule has 1 atom stereocenters. The number of hydrogen-bond acceptors (Lipinski definition) is 5. The van der Waals surface area contributed by atoms with Crippen molar-refractivity contribution in [3.05, 3.63) is 47.3 Å². The third-order valence-corrected chi connectivity index (χ3v) is 2.56. The standard InChI is InChI=1S/C12H12N4O3/c1-7-9(16-19-15-7)12(18)14-10(11(13)17)8-5-3-2-4-6-8/h2-6,10H,1H3,(H2,13,17)(H,14,18). The maximum Gasteiger partial charge on any atom is 0.276 e. The van der Waals surface area contributed by atoms with Crippen molar-refractivity contribution in [3.63, 3.8) is 0 Å². The SMILES string of the molecule is Cc1nonc1C(=O)NC(C(N)=O)c1ccccc1. The Kier molecular flexibility index (Phi) is 3.56. The molecule has 0 spiro atoms. The smallest absolute Gasteiger partial charge is 0.276 e. The minimum atomic E-state index is -0.926. The first-order valence-electron chi connectivity index (χ1n) is 5.54. The molecule has 1 unspecified atom stereocenters. The van der Waals surface area contributed by atoms with Gasteiger partial charge in [-0.15, -0.1) is 0 Å². The van der Waals surface area contributed by atoms with Gasteiger partial charge in [-0.1, -0.05) is 35.5 Å². The summed E-state index contributed by atoms with van der Waals surface area (Å²) in [6.07, 6.45) is 0. The van der Waals surface area contributed by atoms with Gasteiger partial charge in [0.1, 0.15) is 11.7 Å². The summed E-state index contributed by atoms with van der Waals surface area (Å²) in [5.41, 5.74) is 6.26. The third kappa shape index (κ3) is 2.76. The summed E-state index contributed by atoms with van der Waals surface area (Å²) in [5.74, 6) is -1.22. The first kappa shape index (κ1) is 12.7. The average molecular weight is 260 g/mol. The van der Waals surface area contributed by atoms with Crippen molar-refractivity contribution in [2.45, 2.75) is 13.0 Å². The van der Waals surface area contributed by atoms with E-state index in [0.717, 1.165) is 0 Å². The molecule has 1 aromatic heterocycles. The van der Waals surface area contributed by atoms with Crippen LogP contribution < -0.4 is 11.1 Å². The number of aromatic nitrogens is 2. The highest BCUT2D eigenvalue weighted by molar-refractivity contribution is 5.96. The van der Waals surface area contributed by atoms with Gasteiger partial charge in [0, 0.05) is 0 Å². The molecule has 0 aliphatic rings. The largest absolute Gasteiger partial charge is 0.368 e. The number of nitrogens with one attached hydrogen (secondary N) is 1. The fourth-order valence-corrected chi connectivity index (χ4v) is 1.60. The fourth-order valence-electron chi connectivity index (χ4n) is 1.60. The normalized spacial score (nSPS) is 11.8. The number of rotatable bonds is 4. The third-order valence-electron chi connectivity index (χ3n) is 2.56. The quantitative estimate of drug-likeness (QED) is 0.823. The van der Waals surface area contributed by atoms with Crippen LogP contribution in [-0.2, 0) is 4.79 Å². The zero-order valence-corrected chi connectivity index (χ0v) is 10.2. The summed E-state index contributed by atoms with van der Waals surface area (Å²) >= 11 is 0. The number of aryl methyl sites for hydroxylation is 1. The lowest BCUT2D eigenvalue weighted by atomic mass is 10.1. The molecular weight excluding hydrogens is 248 g/mol. The van der Waals surface area contributed by atoms with Gasteiger partial charge >= 0.3 is 0 Å². The van der Waals surface area contributed by atoms with E-state index in [2.05, 4.69) is 20.3 Å². The van der Waals surface area contributed by atoms with Gasteiger partial charge in [-0.05, 0) is 17.6 Å². The van der Waals surface area contributed by atoms with Gasteiger partial charge in [-0.25, -0.2) is 4.63 Å². The van der Waals surface area contributed by atoms with Crippen LogP contribution in [0.25, 0.3) is 0 Å². The second-order valence-electron chi connectivity index (χ2n) is 3.92. The van der Waals surface area contributed by atoms with Gasteiger partial charge in [-0.2, -0.15) is 0 Å². The molecule has 0 bridgehead atoms. The highest BCUT2D eigenvalue weighted by Gasteiger charge is 2.23. The molecule has 7 heteroatoms. The van der Waals surface area contributed by atoms with Crippen LogP contribution in [0.4, 0.5) is 0 Å². The van der Waals surface area contributed by atoms with Crippen molar-refractivity contribution in [1.29, 1.82) is 0 Å². The summed E-state index contributed by atoms with van der Waals surface area (Å²) in [7, 11) is 0. The van der Waals surface area contributed by atoms with Crippen molar-refractivity contribution in [2.75, 3.05) is 0 Å². The van der Waals surface area contributed by atoms with E-state index in [1.165, 1.54) is 0 Å². The maximum atomic E-state index is 11.9. The number of benzene rings is 1. The average Bonchev–Trinajstić information content (AvgIpc) is 2.82. The summed E-state index contributed by atoms with van der Waals surface area (Å²) in [4.78, 5) is 23.4. The number of carbonyl (C=O) groups excluding carboxylic acids is 2. The summed E-state index contributed by atoms with van der Waals surface area (Å²) in [5, 5.41) is 9.47. The molecule has 7 nitrogen and oxygen atoms in total. The molecule has 2 aromatic rings. The van der Waals surface area contributed by atoms with E-state index in [4.69, 9.17) is 5.73 Å². The van der Waals surface area contributed by atoms with Crippen LogP contribution in [0.5, 0.6) is 0 Å². The number of carbonyl (C=O) groups is 2. The van der Waals surface area contributed by atoms with E-state index < -0.39 is 17.9 Å². The van der Waals surface area contributed by atoms with Gasteiger partial charge in [-0.3, -0.25) is 9.59 Å². The molecule has 98 valence electrons. The molecule has 2 amide bonds. The molecule has 0 fully saturated rings. The van der Waals surface area contributed by atoms with Crippen LogP contribution >= 0.6 is 0 Å². The van der Waals surface area contributed by atoms with E-state index in [0.29, 0.717) is 11.3 Å². The van der Waals surface area contributed by atoms with Crippen LogP contribution in [-0.4, -0.2) is 22.1 Å². The Morgan fingerprint density at radius 1 is 1.26 bits per heavy atom. The molecule has 1 aromatic carbocycles. The maximum absolute atomic E-state index is 11.9. The molecule has 0 aliphatic heterocycles. The number of nitrogens with two attached hydrogens (primary N) is 1. The summed E-state index contributed by atoms with van der Waals surface area (Å²) in [6.45, 7) is 1.58. The molecule has 0 saturated carbocycles. The lowest BCUT2D eigenvalue weighted by Gasteiger charge is -2.14. The monoisotopic (exact) mass is 260 g/mol. The Bertz CT molecular complexity index is 594. The number of primary amides is 1. The van der Waals surface area contributed by atoms with Crippen molar-refractivity contribution < 1.29 is 14.2 Å².